The van der Waals surface area contributed by atoms with Crippen LogP contribution >= 0.6 is 34.5 Å². The highest BCUT2D eigenvalue weighted by Crippen LogP contribution is 2.44. The van der Waals surface area contributed by atoms with Gasteiger partial charge in [0.1, 0.15) is 10.1 Å². The van der Waals surface area contributed by atoms with Crippen molar-refractivity contribution in [2.45, 2.75) is 15.1 Å². The number of amides is 1. The van der Waals surface area contributed by atoms with E-state index >= 15 is 0 Å². The number of halogens is 2. The normalized spacial score (nSPS) is 17.3. The largest absolute Gasteiger partial charge is 0.297 e. The zero-order valence-corrected chi connectivity index (χ0v) is 23.1. The summed E-state index contributed by atoms with van der Waals surface area (Å²) in [4.78, 5) is 55.3. The molecule has 40 heavy (non-hydrogen) atoms. The molecular formula is C26H15Cl2N3O7S2. The van der Waals surface area contributed by atoms with Gasteiger partial charge in [0.25, 0.3) is 11.6 Å². The molecule has 10 nitrogen and oxygen atoms in total. The summed E-state index contributed by atoms with van der Waals surface area (Å²) in [5.41, 5.74) is 0.287. The van der Waals surface area contributed by atoms with Gasteiger partial charge in [-0.25, -0.2) is 13.4 Å². The van der Waals surface area contributed by atoms with Crippen LogP contribution in [0.1, 0.15) is 22.0 Å². The highest BCUT2D eigenvalue weighted by Gasteiger charge is 2.53. The molecule has 1 aromatic heterocycles. The summed E-state index contributed by atoms with van der Waals surface area (Å²) in [5.74, 6) is -4.07. The number of Topliss-reactive ketones (excluding diaryl/α,β-unsaturated/α-hetero) is 2. The molecular weight excluding hydrogens is 601 g/mol. The minimum absolute atomic E-state index is 0.120. The first kappa shape index (κ1) is 27.6. The Morgan fingerprint density at radius 1 is 0.925 bits per heavy atom. The summed E-state index contributed by atoms with van der Waals surface area (Å²) in [6.45, 7) is 0. The fourth-order valence-corrected chi connectivity index (χ4v) is 7.09. The zero-order valence-electron chi connectivity index (χ0n) is 19.9. The molecule has 3 aromatic carbocycles. The molecule has 0 aliphatic carbocycles. The molecule has 4 aromatic rings. The molecule has 2 unspecified atom stereocenters. The summed E-state index contributed by atoms with van der Waals surface area (Å²) in [6, 6.07) is 15.2. The first-order chi connectivity index (χ1) is 19.0. The monoisotopic (exact) mass is 615 g/mol. The van der Waals surface area contributed by atoms with Gasteiger partial charge >= 0.3 is 0 Å². The number of nitro benzene ring substituents is 1. The molecule has 1 saturated heterocycles. The van der Waals surface area contributed by atoms with Crippen molar-refractivity contribution in [2.24, 2.45) is 5.92 Å². The maximum atomic E-state index is 13.5. The van der Waals surface area contributed by atoms with Gasteiger partial charge in [-0.2, -0.15) is 0 Å². The first-order valence-corrected chi connectivity index (χ1v) is 14.4. The number of aromatic nitrogens is 1. The van der Waals surface area contributed by atoms with Crippen LogP contribution in [0.2, 0.25) is 10.0 Å². The van der Waals surface area contributed by atoms with Gasteiger partial charge in [0.15, 0.2) is 10.9 Å². The summed E-state index contributed by atoms with van der Waals surface area (Å²) in [5, 5.41) is 11.6. The number of carbonyl (C=O) groups is 3. The molecule has 1 aliphatic rings. The maximum absolute atomic E-state index is 13.5. The predicted molar refractivity (Wildman–Crippen MR) is 147 cm³/mol. The summed E-state index contributed by atoms with van der Waals surface area (Å²) < 4.78 is 26.2. The number of nitrogens with zero attached hydrogens (tertiary/aromatic N) is 3. The molecule has 0 saturated carbocycles. The topological polar surface area (TPSA) is 145 Å². The summed E-state index contributed by atoms with van der Waals surface area (Å²) in [6.07, 6.45) is 1.03. The molecule has 0 radical (unpaired) electrons. The molecule has 0 bridgehead atoms. The Morgan fingerprint density at radius 2 is 1.50 bits per heavy atom. The highest BCUT2D eigenvalue weighted by molar-refractivity contribution is 7.93. The molecule has 1 aliphatic heterocycles. The highest BCUT2D eigenvalue weighted by atomic mass is 35.5. The van der Waals surface area contributed by atoms with Crippen LogP contribution in [0.3, 0.4) is 0 Å². The van der Waals surface area contributed by atoms with Crippen LogP contribution in [0, 0.1) is 16.0 Å². The number of thiazole rings is 1. The van der Waals surface area contributed by atoms with Crippen LogP contribution in [0.4, 0.5) is 10.8 Å². The van der Waals surface area contributed by atoms with Gasteiger partial charge in [-0.05, 0) is 54.1 Å². The lowest BCUT2D eigenvalue weighted by Crippen LogP contribution is -2.30. The number of carbonyl (C=O) groups excluding carboxylic acids is 3. The van der Waals surface area contributed by atoms with E-state index in [0.29, 0.717) is 26.9 Å². The molecule has 0 spiro atoms. The molecule has 2 atom stereocenters. The van der Waals surface area contributed by atoms with Crippen LogP contribution in [0.15, 0.2) is 88.1 Å². The first-order valence-electron chi connectivity index (χ1n) is 11.4. The fourth-order valence-electron chi connectivity index (χ4n) is 4.28. The molecule has 2 heterocycles. The molecule has 1 amide bonds. The van der Waals surface area contributed by atoms with Crippen molar-refractivity contribution < 1.29 is 27.7 Å². The third-order valence-electron chi connectivity index (χ3n) is 6.23. The quantitative estimate of drug-likeness (QED) is 0.0889. The Morgan fingerprint density at radius 3 is 2.08 bits per heavy atom. The molecule has 0 N–H and O–H groups in total. The van der Waals surface area contributed by atoms with E-state index in [1.165, 1.54) is 24.3 Å². The molecule has 14 heteroatoms. The predicted octanol–water partition coefficient (Wildman–Crippen LogP) is 5.35. The lowest BCUT2D eigenvalue weighted by molar-refractivity contribution is -0.384. The van der Waals surface area contributed by atoms with E-state index in [2.05, 4.69) is 4.98 Å². The minimum atomic E-state index is -4.17. The molecule has 5 rings (SSSR count). The van der Waals surface area contributed by atoms with Crippen molar-refractivity contribution in [3.8, 4) is 0 Å². The Hall–Kier alpha value is -3.97. The molecule has 1 fully saturated rings. The second-order valence-electron chi connectivity index (χ2n) is 8.60. The van der Waals surface area contributed by atoms with E-state index in [4.69, 9.17) is 23.2 Å². The molecule has 202 valence electrons. The van der Waals surface area contributed by atoms with Crippen LogP contribution in [-0.4, -0.2) is 35.8 Å². The Labute approximate surface area is 240 Å². The Kier molecular flexibility index (Phi) is 7.27. The Balaban J connectivity index is 1.57. The third-order valence-corrected chi connectivity index (χ3v) is 9.96. The van der Waals surface area contributed by atoms with E-state index in [1.54, 1.807) is 24.3 Å². The van der Waals surface area contributed by atoms with E-state index < -0.39 is 44.2 Å². The SMILES string of the molecule is O=C1C(=O)N(c2ncc(S(=O)(=O)c3ccc([N+](=O)[O-])cc3)s2)C(c2ccc(Cl)cc2)C1C(=O)c1ccc(Cl)cc1. The van der Waals surface area contributed by atoms with Gasteiger partial charge in [0.05, 0.1) is 22.1 Å². The average molecular weight is 616 g/mol. The van der Waals surface area contributed by atoms with Crippen molar-refractivity contribution >= 4 is 72.7 Å². The van der Waals surface area contributed by atoms with Crippen molar-refractivity contribution in [1.82, 2.24) is 4.98 Å². The number of benzene rings is 3. The number of hydrogen-bond donors (Lipinski definition) is 0. The van der Waals surface area contributed by atoms with E-state index in [0.717, 1.165) is 35.4 Å². The second kappa shape index (κ2) is 10.5. The van der Waals surface area contributed by atoms with Crippen LogP contribution in [-0.2, 0) is 19.4 Å². The third kappa shape index (κ3) is 4.90. The van der Waals surface area contributed by atoms with Gasteiger partial charge < -0.3 is 0 Å². The van der Waals surface area contributed by atoms with Crippen LogP contribution < -0.4 is 4.90 Å². The number of nitro groups is 1. The van der Waals surface area contributed by atoms with Crippen LogP contribution in [0.25, 0.3) is 0 Å². The minimum Gasteiger partial charge on any atom is -0.293 e. The van der Waals surface area contributed by atoms with E-state index in [-0.39, 0.29) is 25.5 Å². The number of anilines is 1. The van der Waals surface area contributed by atoms with Gasteiger partial charge in [0.2, 0.25) is 15.6 Å². The number of ketones is 2. The number of rotatable bonds is 7. The van der Waals surface area contributed by atoms with Gasteiger partial charge in [-0.3, -0.25) is 29.4 Å². The standard InChI is InChI=1S/C26H15Cl2N3O7S2/c27-16-5-1-14(2-6-16)22-21(23(32)15-3-7-17(28)8-4-15)24(33)25(34)30(22)26-29-13-20(39-26)40(37,38)19-11-9-18(10-12-19)31(35)36/h1-13,21-22H. The average Bonchev–Trinajstić information content (AvgIpc) is 3.53. The van der Waals surface area contributed by atoms with E-state index in [9.17, 15) is 32.9 Å². The van der Waals surface area contributed by atoms with Crippen molar-refractivity contribution in [2.75, 3.05) is 4.90 Å². The van der Waals surface area contributed by atoms with E-state index in [1.807, 2.05) is 0 Å². The lowest BCUT2D eigenvalue weighted by atomic mass is 9.86. The smallest absolute Gasteiger partial charge is 0.293 e. The summed E-state index contributed by atoms with van der Waals surface area (Å²) >= 11 is 12.6. The lowest BCUT2D eigenvalue weighted by Gasteiger charge is -2.25. The fraction of sp³-hybridized carbons (Fsp3) is 0.0769. The van der Waals surface area contributed by atoms with Gasteiger partial charge in [-0.1, -0.05) is 46.7 Å². The van der Waals surface area contributed by atoms with Crippen molar-refractivity contribution in [1.29, 1.82) is 0 Å². The van der Waals surface area contributed by atoms with Gasteiger partial charge in [-0.15, -0.1) is 0 Å². The zero-order chi connectivity index (χ0) is 28.8. The van der Waals surface area contributed by atoms with Crippen molar-refractivity contribution in [3.63, 3.8) is 0 Å². The number of non-ortho nitro benzene ring substituents is 1. The second-order valence-corrected chi connectivity index (χ2v) is 12.7. The van der Waals surface area contributed by atoms with Crippen molar-refractivity contribution in [3.05, 3.63) is 110 Å². The number of sulfone groups is 1. The maximum Gasteiger partial charge on any atom is 0.297 e. The van der Waals surface area contributed by atoms with Crippen LogP contribution in [0.5, 0.6) is 0 Å². The summed E-state index contributed by atoms with van der Waals surface area (Å²) in [7, 11) is -4.17. The number of hydrogen-bond acceptors (Lipinski definition) is 9. The Bertz CT molecular complexity index is 1770. The van der Waals surface area contributed by atoms with Gasteiger partial charge in [0, 0.05) is 27.7 Å².